The Morgan fingerprint density at radius 2 is 1.48 bits per heavy atom. The van der Waals surface area contributed by atoms with E-state index in [-0.39, 0.29) is 10.8 Å². The van der Waals surface area contributed by atoms with E-state index in [1.165, 1.54) is 24.3 Å². The van der Waals surface area contributed by atoms with Gasteiger partial charge in [-0.1, -0.05) is 30.3 Å². The highest BCUT2D eigenvalue weighted by Crippen LogP contribution is 2.22. The van der Waals surface area contributed by atoms with Gasteiger partial charge in [-0.3, -0.25) is 9.52 Å². The summed E-state index contributed by atoms with van der Waals surface area (Å²) in [6.45, 7) is 3.79. The number of hydrogen-bond donors (Lipinski definition) is 2. The fourth-order valence-electron chi connectivity index (χ4n) is 2.58. The maximum absolute atomic E-state index is 12.6. The molecular formula is C21H20N2O3S. The lowest BCUT2D eigenvalue weighted by atomic mass is 10.1. The molecule has 0 atom stereocenters. The van der Waals surface area contributed by atoms with E-state index in [0.29, 0.717) is 16.9 Å². The number of nitrogens with one attached hydrogen (secondary N) is 2. The zero-order valence-corrected chi connectivity index (χ0v) is 15.9. The molecule has 0 radical (unpaired) electrons. The van der Waals surface area contributed by atoms with Crippen LogP contribution in [-0.2, 0) is 10.0 Å². The summed E-state index contributed by atoms with van der Waals surface area (Å²) >= 11 is 0. The predicted octanol–water partition coefficient (Wildman–Crippen LogP) is 4.36. The van der Waals surface area contributed by atoms with Gasteiger partial charge in [-0.2, -0.15) is 0 Å². The number of carbonyl (C=O) groups excluding carboxylic acids is 1. The molecular weight excluding hydrogens is 360 g/mol. The fraction of sp³-hybridized carbons (Fsp3) is 0.0952. The lowest BCUT2D eigenvalue weighted by Crippen LogP contribution is -2.15. The molecule has 0 bridgehead atoms. The molecule has 3 aromatic carbocycles. The molecule has 0 saturated heterocycles. The van der Waals surface area contributed by atoms with Crippen LogP contribution in [0.5, 0.6) is 0 Å². The summed E-state index contributed by atoms with van der Waals surface area (Å²) in [4.78, 5) is 12.4. The molecule has 5 nitrogen and oxygen atoms in total. The Morgan fingerprint density at radius 1 is 0.815 bits per heavy atom. The zero-order chi connectivity index (χ0) is 19.4. The van der Waals surface area contributed by atoms with Gasteiger partial charge < -0.3 is 5.32 Å². The van der Waals surface area contributed by atoms with Gasteiger partial charge in [-0.25, -0.2) is 8.42 Å². The third-order valence-electron chi connectivity index (χ3n) is 4.31. The smallest absolute Gasteiger partial charge is 0.261 e. The fourth-order valence-corrected chi connectivity index (χ4v) is 3.70. The Balaban J connectivity index is 1.77. The van der Waals surface area contributed by atoms with Crippen molar-refractivity contribution in [2.24, 2.45) is 0 Å². The molecule has 2 N–H and O–H groups in total. The number of amides is 1. The molecule has 0 unspecified atom stereocenters. The van der Waals surface area contributed by atoms with Crippen LogP contribution in [0.25, 0.3) is 0 Å². The minimum absolute atomic E-state index is 0.0969. The lowest BCUT2D eigenvalue weighted by Gasteiger charge is -2.12. The standard InChI is InChI=1S/C21H20N2O3S/c1-15-7-6-10-20(16(15)2)23-27(25,26)19-13-11-17(12-14-19)21(24)22-18-8-4-3-5-9-18/h3-14,23H,1-2H3,(H,22,24). The van der Waals surface area contributed by atoms with Crippen molar-refractivity contribution in [1.82, 2.24) is 0 Å². The molecule has 0 heterocycles. The topological polar surface area (TPSA) is 75.3 Å². The van der Waals surface area contributed by atoms with Crippen molar-refractivity contribution in [3.63, 3.8) is 0 Å². The van der Waals surface area contributed by atoms with Crippen LogP contribution in [0, 0.1) is 13.8 Å². The average Bonchev–Trinajstić information content (AvgIpc) is 2.66. The van der Waals surface area contributed by atoms with Gasteiger partial charge in [0.1, 0.15) is 0 Å². The van der Waals surface area contributed by atoms with Crippen molar-refractivity contribution in [3.05, 3.63) is 89.5 Å². The summed E-state index contributed by atoms with van der Waals surface area (Å²) in [5.41, 5.74) is 3.48. The van der Waals surface area contributed by atoms with Crippen LogP contribution < -0.4 is 10.0 Å². The number of hydrogen-bond acceptors (Lipinski definition) is 3. The zero-order valence-electron chi connectivity index (χ0n) is 15.1. The van der Waals surface area contributed by atoms with Gasteiger partial charge >= 0.3 is 0 Å². The first-order valence-corrected chi connectivity index (χ1v) is 9.90. The molecule has 0 spiro atoms. The highest BCUT2D eigenvalue weighted by molar-refractivity contribution is 7.92. The number of anilines is 2. The first-order valence-electron chi connectivity index (χ1n) is 8.42. The Kier molecular flexibility index (Phi) is 5.28. The van der Waals surface area contributed by atoms with Crippen LogP contribution in [0.1, 0.15) is 21.5 Å². The van der Waals surface area contributed by atoms with E-state index in [4.69, 9.17) is 0 Å². The number of para-hydroxylation sites is 1. The molecule has 6 heteroatoms. The summed E-state index contributed by atoms with van der Waals surface area (Å²) in [5, 5.41) is 2.77. The molecule has 0 aliphatic heterocycles. The second-order valence-electron chi connectivity index (χ2n) is 6.20. The Bertz CT molecular complexity index is 1060. The largest absolute Gasteiger partial charge is 0.322 e. The van der Waals surface area contributed by atoms with E-state index in [0.717, 1.165) is 11.1 Å². The summed E-state index contributed by atoms with van der Waals surface area (Å²) in [7, 11) is -3.74. The molecule has 0 saturated carbocycles. The number of carbonyl (C=O) groups is 1. The monoisotopic (exact) mass is 380 g/mol. The summed E-state index contributed by atoms with van der Waals surface area (Å²) in [6.07, 6.45) is 0. The Hall–Kier alpha value is -3.12. The Labute approximate surface area is 159 Å². The lowest BCUT2D eigenvalue weighted by molar-refractivity contribution is 0.102. The molecule has 0 aromatic heterocycles. The van der Waals surface area contributed by atoms with Crippen LogP contribution >= 0.6 is 0 Å². The SMILES string of the molecule is Cc1cccc(NS(=O)(=O)c2ccc(C(=O)Nc3ccccc3)cc2)c1C. The van der Waals surface area contributed by atoms with Crippen LogP contribution in [0.4, 0.5) is 11.4 Å². The second-order valence-corrected chi connectivity index (χ2v) is 7.88. The van der Waals surface area contributed by atoms with Crippen molar-refractivity contribution >= 4 is 27.3 Å². The quantitative estimate of drug-likeness (QED) is 0.691. The molecule has 0 fully saturated rings. The highest BCUT2D eigenvalue weighted by atomic mass is 32.2. The van der Waals surface area contributed by atoms with Gasteiger partial charge in [0, 0.05) is 11.3 Å². The number of benzene rings is 3. The van der Waals surface area contributed by atoms with Crippen LogP contribution in [0.2, 0.25) is 0 Å². The van der Waals surface area contributed by atoms with Gasteiger partial charge in [-0.05, 0) is 67.4 Å². The summed E-state index contributed by atoms with van der Waals surface area (Å²) in [5.74, 6) is -0.298. The van der Waals surface area contributed by atoms with Gasteiger partial charge in [0.25, 0.3) is 15.9 Å². The maximum atomic E-state index is 12.6. The second kappa shape index (κ2) is 7.63. The van der Waals surface area contributed by atoms with Crippen molar-refractivity contribution in [3.8, 4) is 0 Å². The average molecular weight is 380 g/mol. The van der Waals surface area contributed by atoms with Gasteiger partial charge in [0.2, 0.25) is 0 Å². The molecule has 3 aromatic rings. The molecule has 0 aliphatic carbocycles. The van der Waals surface area contributed by atoms with E-state index in [1.54, 1.807) is 24.3 Å². The van der Waals surface area contributed by atoms with Crippen LogP contribution in [0.3, 0.4) is 0 Å². The number of sulfonamides is 1. The van der Waals surface area contributed by atoms with Gasteiger partial charge in [0.05, 0.1) is 10.6 Å². The first-order chi connectivity index (χ1) is 12.9. The third-order valence-corrected chi connectivity index (χ3v) is 5.69. The van der Waals surface area contributed by atoms with Crippen molar-refractivity contribution in [2.45, 2.75) is 18.7 Å². The summed E-state index contributed by atoms with van der Waals surface area (Å²) in [6, 6.07) is 20.4. The molecule has 3 rings (SSSR count). The van der Waals surface area contributed by atoms with E-state index >= 15 is 0 Å². The van der Waals surface area contributed by atoms with E-state index in [1.807, 2.05) is 38.1 Å². The predicted molar refractivity (Wildman–Crippen MR) is 108 cm³/mol. The molecule has 27 heavy (non-hydrogen) atoms. The minimum Gasteiger partial charge on any atom is -0.322 e. The minimum atomic E-state index is -3.74. The molecule has 1 amide bonds. The Morgan fingerprint density at radius 3 is 2.15 bits per heavy atom. The van der Waals surface area contributed by atoms with Crippen LogP contribution in [0.15, 0.2) is 77.7 Å². The van der Waals surface area contributed by atoms with Gasteiger partial charge in [-0.15, -0.1) is 0 Å². The number of aryl methyl sites for hydroxylation is 1. The first kappa shape index (κ1) is 18.7. The normalized spacial score (nSPS) is 11.0. The van der Waals surface area contributed by atoms with Crippen molar-refractivity contribution in [2.75, 3.05) is 10.0 Å². The summed E-state index contributed by atoms with van der Waals surface area (Å²) < 4.78 is 27.9. The number of rotatable bonds is 5. The van der Waals surface area contributed by atoms with Gasteiger partial charge in [0.15, 0.2) is 0 Å². The van der Waals surface area contributed by atoms with E-state index in [2.05, 4.69) is 10.0 Å². The van der Waals surface area contributed by atoms with Crippen molar-refractivity contribution in [1.29, 1.82) is 0 Å². The molecule has 0 aliphatic rings. The molecule has 138 valence electrons. The van der Waals surface area contributed by atoms with E-state index < -0.39 is 10.0 Å². The van der Waals surface area contributed by atoms with Crippen LogP contribution in [-0.4, -0.2) is 14.3 Å². The maximum Gasteiger partial charge on any atom is 0.261 e. The van der Waals surface area contributed by atoms with Crippen molar-refractivity contribution < 1.29 is 13.2 Å². The highest BCUT2D eigenvalue weighted by Gasteiger charge is 2.16. The third kappa shape index (κ3) is 4.35. The van der Waals surface area contributed by atoms with E-state index in [9.17, 15) is 13.2 Å².